The highest BCUT2D eigenvalue weighted by Crippen LogP contribution is 2.44. The molecule has 31 heavy (non-hydrogen) atoms. The third-order valence-corrected chi connectivity index (χ3v) is 5.99. The molecule has 4 aromatic rings. The summed E-state index contributed by atoms with van der Waals surface area (Å²) in [5.41, 5.74) is 11.3. The van der Waals surface area contributed by atoms with E-state index >= 15 is 0 Å². The van der Waals surface area contributed by atoms with Gasteiger partial charge in [-0.1, -0.05) is 36.4 Å². The van der Waals surface area contributed by atoms with Gasteiger partial charge >= 0.3 is 5.97 Å². The van der Waals surface area contributed by atoms with Gasteiger partial charge in [0.05, 0.1) is 16.4 Å². The summed E-state index contributed by atoms with van der Waals surface area (Å²) in [5, 5.41) is 10.7. The maximum atomic E-state index is 12.3. The summed E-state index contributed by atoms with van der Waals surface area (Å²) >= 11 is 0. The molecule has 0 bridgehead atoms. The largest absolute Gasteiger partial charge is 0.481 e. The van der Waals surface area contributed by atoms with Gasteiger partial charge in [-0.25, -0.2) is 4.79 Å². The molecule has 5 rings (SSSR count). The van der Waals surface area contributed by atoms with Crippen molar-refractivity contribution in [3.05, 3.63) is 76.9 Å². The third kappa shape index (κ3) is 3.20. The van der Waals surface area contributed by atoms with Crippen LogP contribution < -0.4 is 10.5 Å². The molecule has 6 heteroatoms. The van der Waals surface area contributed by atoms with Crippen molar-refractivity contribution in [1.29, 1.82) is 0 Å². The van der Waals surface area contributed by atoms with Crippen molar-refractivity contribution < 1.29 is 19.4 Å². The summed E-state index contributed by atoms with van der Waals surface area (Å²) in [6.07, 6.45) is 2.74. The quantitative estimate of drug-likeness (QED) is 0.500. The molecule has 3 N–H and O–H groups in total. The van der Waals surface area contributed by atoms with Gasteiger partial charge in [0, 0.05) is 17.5 Å². The zero-order chi connectivity index (χ0) is 21.5. The lowest BCUT2D eigenvalue weighted by atomic mass is 10.0. The highest BCUT2D eigenvalue weighted by molar-refractivity contribution is 6.20. The molecule has 6 nitrogen and oxygen atoms in total. The number of nitrogens with zero attached hydrogens (tertiary/aromatic N) is 1. The Morgan fingerprint density at radius 1 is 1.00 bits per heavy atom. The van der Waals surface area contributed by atoms with Crippen LogP contribution in [0.15, 0.2) is 54.6 Å². The van der Waals surface area contributed by atoms with Gasteiger partial charge in [-0.3, -0.25) is 4.79 Å². The average molecular weight is 414 g/mol. The second-order valence-corrected chi connectivity index (χ2v) is 7.91. The summed E-state index contributed by atoms with van der Waals surface area (Å²) in [6.45, 7) is 0.176. The minimum absolute atomic E-state index is 0.410. The van der Waals surface area contributed by atoms with Gasteiger partial charge in [-0.2, -0.15) is 0 Å². The Balaban J connectivity index is 1.88. The molecule has 0 saturated heterocycles. The van der Waals surface area contributed by atoms with E-state index in [0.29, 0.717) is 17.9 Å². The molecule has 0 aliphatic heterocycles. The van der Waals surface area contributed by atoms with Crippen molar-refractivity contribution in [2.24, 2.45) is 5.73 Å². The summed E-state index contributed by atoms with van der Waals surface area (Å²) < 4.78 is 8.03. The van der Waals surface area contributed by atoms with Crippen LogP contribution in [-0.4, -0.2) is 28.2 Å². The molecule has 1 heterocycles. The van der Waals surface area contributed by atoms with Gasteiger partial charge in [0.1, 0.15) is 5.75 Å². The summed E-state index contributed by atoms with van der Waals surface area (Å²) in [4.78, 5) is 23.6. The van der Waals surface area contributed by atoms with E-state index < -0.39 is 18.5 Å². The van der Waals surface area contributed by atoms with Crippen molar-refractivity contribution in [3.8, 4) is 5.75 Å². The van der Waals surface area contributed by atoms with Crippen LogP contribution in [0.4, 0.5) is 0 Å². The van der Waals surface area contributed by atoms with E-state index in [1.54, 1.807) is 6.07 Å². The molecule has 0 spiro atoms. The number of carbonyl (C=O) groups excluding carboxylic acids is 1. The van der Waals surface area contributed by atoms with Crippen LogP contribution in [-0.2, 0) is 24.2 Å². The summed E-state index contributed by atoms with van der Waals surface area (Å²) in [7, 11) is 0. The van der Waals surface area contributed by atoms with Crippen molar-refractivity contribution >= 4 is 33.7 Å². The Kier molecular flexibility index (Phi) is 4.62. The standard InChI is InChI=1S/C25H22N2O4/c26-25(30)18-10-5-11-19-22(18)23-20(27(19)13-15-6-2-1-3-7-15)12-16-8-4-9-17(16)24(23)31-14-21(28)29/h1-3,5-7,10-12H,4,8-9,13-14H2,(H2,26,30)(H,28,29). The minimum Gasteiger partial charge on any atom is -0.481 e. The molecule has 1 amide bonds. The van der Waals surface area contributed by atoms with E-state index in [1.165, 1.54) is 5.56 Å². The first-order chi connectivity index (χ1) is 15.0. The lowest BCUT2D eigenvalue weighted by molar-refractivity contribution is -0.139. The fraction of sp³-hybridized carbons (Fsp3) is 0.200. The monoisotopic (exact) mass is 414 g/mol. The van der Waals surface area contributed by atoms with Crippen LogP contribution in [0, 0.1) is 0 Å². The molecule has 0 saturated carbocycles. The molecule has 1 aliphatic carbocycles. The number of aryl methyl sites for hydroxylation is 1. The van der Waals surface area contributed by atoms with Gasteiger partial charge < -0.3 is 20.1 Å². The number of rotatable bonds is 6. The second-order valence-electron chi connectivity index (χ2n) is 7.91. The second kappa shape index (κ2) is 7.47. The molecule has 156 valence electrons. The Morgan fingerprint density at radius 2 is 1.81 bits per heavy atom. The highest BCUT2D eigenvalue weighted by Gasteiger charge is 2.26. The van der Waals surface area contributed by atoms with Crippen LogP contribution in [0.1, 0.15) is 33.5 Å². The number of aliphatic carboxylic acids is 1. The Morgan fingerprint density at radius 3 is 2.55 bits per heavy atom. The van der Waals surface area contributed by atoms with Crippen molar-refractivity contribution in [2.45, 2.75) is 25.8 Å². The molecule has 0 fully saturated rings. The summed E-state index contributed by atoms with van der Waals surface area (Å²) in [6, 6.07) is 17.8. The molecule has 1 aromatic heterocycles. The number of ether oxygens (including phenoxy) is 1. The number of hydrogen-bond acceptors (Lipinski definition) is 3. The molecule has 3 aromatic carbocycles. The number of benzene rings is 3. The Labute approximate surface area is 178 Å². The smallest absolute Gasteiger partial charge is 0.341 e. The maximum Gasteiger partial charge on any atom is 0.341 e. The summed E-state index contributed by atoms with van der Waals surface area (Å²) in [5.74, 6) is -0.987. The number of nitrogens with two attached hydrogens (primary N) is 1. The maximum absolute atomic E-state index is 12.3. The number of aromatic nitrogens is 1. The van der Waals surface area contributed by atoms with Crippen LogP contribution in [0.3, 0.4) is 0 Å². The first-order valence-corrected chi connectivity index (χ1v) is 10.3. The average Bonchev–Trinajstić information content (AvgIpc) is 3.35. The van der Waals surface area contributed by atoms with Gasteiger partial charge in [-0.05, 0) is 54.2 Å². The van der Waals surface area contributed by atoms with Gasteiger partial charge in [-0.15, -0.1) is 0 Å². The minimum atomic E-state index is -1.04. The lowest BCUT2D eigenvalue weighted by Gasteiger charge is -2.13. The number of hydrogen-bond donors (Lipinski definition) is 2. The zero-order valence-corrected chi connectivity index (χ0v) is 16.9. The normalized spacial score (nSPS) is 12.9. The van der Waals surface area contributed by atoms with Crippen molar-refractivity contribution in [1.82, 2.24) is 4.57 Å². The number of amides is 1. The van der Waals surface area contributed by atoms with Crippen molar-refractivity contribution in [3.63, 3.8) is 0 Å². The molecule has 1 aliphatic rings. The number of carboxylic acids is 1. The molecular weight excluding hydrogens is 392 g/mol. The van der Waals surface area contributed by atoms with Crippen LogP contribution in [0.25, 0.3) is 21.8 Å². The fourth-order valence-corrected chi connectivity index (χ4v) is 4.74. The van der Waals surface area contributed by atoms with E-state index in [4.69, 9.17) is 10.5 Å². The topological polar surface area (TPSA) is 94.6 Å². The van der Waals surface area contributed by atoms with E-state index in [0.717, 1.165) is 52.2 Å². The number of primary amides is 1. The van der Waals surface area contributed by atoms with E-state index in [9.17, 15) is 14.7 Å². The zero-order valence-electron chi connectivity index (χ0n) is 16.9. The first kappa shape index (κ1) is 19.2. The van der Waals surface area contributed by atoms with E-state index in [1.807, 2.05) is 30.3 Å². The van der Waals surface area contributed by atoms with Gasteiger partial charge in [0.2, 0.25) is 5.91 Å². The number of fused-ring (bicyclic) bond motifs is 4. The van der Waals surface area contributed by atoms with Crippen LogP contribution in [0.2, 0.25) is 0 Å². The molecule has 0 atom stereocenters. The first-order valence-electron chi connectivity index (χ1n) is 10.3. The molecule has 0 radical (unpaired) electrons. The fourth-order valence-electron chi connectivity index (χ4n) is 4.74. The Bertz CT molecular complexity index is 1340. The lowest BCUT2D eigenvalue weighted by Crippen LogP contribution is -2.12. The van der Waals surface area contributed by atoms with Crippen LogP contribution in [0.5, 0.6) is 5.75 Å². The van der Waals surface area contributed by atoms with Gasteiger partial charge in [0.25, 0.3) is 0 Å². The third-order valence-electron chi connectivity index (χ3n) is 5.99. The van der Waals surface area contributed by atoms with E-state index in [2.05, 4.69) is 22.8 Å². The van der Waals surface area contributed by atoms with E-state index in [-0.39, 0.29) is 0 Å². The number of carboxylic acid groups (broad SMARTS) is 1. The predicted molar refractivity (Wildman–Crippen MR) is 119 cm³/mol. The number of carbonyl (C=O) groups is 2. The van der Waals surface area contributed by atoms with Gasteiger partial charge in [0.15, 0.2) is 6.61 Å². The highest BCUT2D eigenvalue weighted by atomic mass is 16.5. The predicted octanol–water partition coefficient (Wildman–Crippen LogP) is 3.89. The van der Waals surface area contributed by atoms with Crippen molar-refractivity contribution in [2.75, 3.05) is 6.61 Å². The molecule has 0 unspecified atom stereocenters. The SMILES string of the molecule is NC(=O)c1cccc2c1c1c(OCC(=O)O)c3c(cc1n2Cc1ccccc1)CCC3. The molecular formula is C25H22N2O4. The Hall–Kier alpha value is -3.80. The van der Waals surface area contributed by atoms with Crippen LogP contribution >= 0.6 is 0 Å².